The smallest absolute Gasteiger partial charge is 0.109 e. The monoisotopic (exact) mass is 252 g/mol. The standard InChI is InChI=1S/C14H24N2S/c1-3-11-6-5-7-12(10-11)16-13(4-2)14-15-8-9-17-14/h8-9,11-13,16H,3-7,10H2,1-2H3. The maximum absolute atomic E-state index is 4.45. The maximum atomic E-state index is 4.45. The number of thiazole rings is 1. The van der Waals surface area contributed by atoms with Crippen LogP contribution in [0.25, 0.3) is 0 Å². The Kier molecular flexibility index (Phi) is 4.99. The summed E-state index contributed by atoms with van der Waals surface area (Å²) in [5, 5.41) is 7.15. The van der Waals surface area contributed by atoms with E-state index >= 15 is 0 Å². The van der Waals surface area contributed by atoms with Gasteiger partial charge in [-0.15, -0.1) is 11.3 Å². The molecular weight excluding hydrogens is 228 g/mol. The molecule has 0 spiro atoms. The number of nitrogens with one attached hydrogen (secondary N) is 1. The van der Waals surface area contributed by atoms with Crippen molar-refractivity contribution in [3.63, 3.8) is 0 Å². The summed E-state index contributed by atoms with van der Waals surface area (Å²) in [6.07, 6.45) is 9.93. The summed E-state index contributed by atoms with van der Waals surface area (Å²) in [6.45, 7) is 4.57. The quantitative estimate of drug-likeness (QED) is 0.851. The molecule has 1 aliphatic carbocycles. The van der Waals surface area contributed by atoms with Gasteiger partial charge in [-0.25, -0.2) is 4.98 Å². The summed E-state index contributed by atoms with van der Waals surface area (Å²) in [4.78, 5) is 4.45. The van der Waals surface area contributed by atoms with Gasteiger partial charge >= 0.3 is 0 Å². The number of rotatable bonds is 5. The molecular formula is C14H24N2S. The number of aromatic nitrogens is 1. The minimum absolute atomic E-state index is 0.468. The van der Waals surface area contributed by atoms with Gasteiger partial charge in [0.25, 0.3) is 0 Å². The van der Waals surface area contributed by atoms with Gasteiger partial charge in [0.1, 0.15) is 5.01 Å². The van der Waals surface area contributed by atoms with Crippen LogP contribution in [0.1, 0.15) is 63.4 Å². The van der Waals surface area contributed by atoms with Crippen LogP contribution in [0.15, 0.2) is 11.6 Å². The van der Waals surface area contributed by atoms with E-state index in [1.807, 2.05) is 6.20 Å². The minimum atomic E-state index is 0.468. The van der Waals surface area contributed by atoms with Crippen LogP contribution in [0.2, 0.25) is 0 Å². The second-order valence-corrected chi connectivity index (χ2v) is 6.06. The van der Waals surface area contributed by atoms with Gasteiger partial charge in [-0.2, -0.15) is 0 Å². The summed E-state index contributed by atoms with van der Waals surface area (Å²) in [5.74, 6) is 0.940. The molecule has 3 unspecified atom stereocenters. The molecule has 0 bridgehead atoms. The zero-order chi connectivity index (χ0) is 12.1. The fourth-order valence-corrected chi connectivity index (χ4v) is 3.65. The first-order valence-corrected chi connectivity index (χ1v) is 7.86. The lowest BCUT2D eigenvalue weighted by Gasteiger charge is -2.31. The van der Waals surface area contributed by atoms with Crippen LogP contribution in [-0.4, -0.2) is 11.0 Å². The largest absolute Gasteiger partial charge is 0.305 e. The van der Waals surface area contributed by atoms with Crippen molar-refractivity contribution in [2.45, 2.75) is 64.5 Å². The predicted molar refractivity (Wildman–Crippen MR) is 74.3 cm³/mol. The Morgan fingerprint density at radius 3 is 3.00 bits per heavy atom. The lowest BCUT2D eigenvalue weighted by molar-refractivity contribution is 0.260. The Morgan fingerprint density at radius 2 is 2.35 bits per heavy atom. The molecule has 1 heterocycles. The third-order valence-electron chi connectivity index (χ3n) is 3.95. The van der Waals surface area contributed by atoms with Crippen LogP contribution >= 0.6 is 11.3 Å². The molecule has 1 aromatic rings. The fourth-order valence-electron chi connectivity index (χ4n) is 2.87. The molecule has 2 nitrogen and oxygen atoms in total. The molecule has 0 aromatic carbocycles. The molecule has 3 atom stereocenters. The van der Waals surface area contributed by atoms with Crippen molar-refractivity contribution in [2.24, 2.45) is 5.92 Å². The number of hydrogen-bond donors (Lipinski definition) is 1. The van der Waals surface area contributed by atoms with Crippen molar-refractivity contribution in [1.82, 2.24) is 10.3 Å². The van der Waals surface area contributed by atoms with Crippen LogP contribution in [0, 0.1) is 5.92 Å². The Bertz CT molecular complexity index is 310. The highest BCUT2D eigenvalue weighted by Crippen LogP contribution is 2.29. The molecule has 0 aliphatic heterocycles. The highest BCUT2D eigenvalue weighted by molar-refractivity contribution is 7.09. The molecule has 17 heavy (non-hydrogen) atoms. The van der Waals surface area contributed by atoms with Gasteiger partial charge in [-0.05, 0) is 25.2 Å². The zero-order valence-corrected chi connectivity index (χ0v) is 11.8. The zero-order valence-electron chi connectivity index (χ0n) is 11.0. The second-order valence-electron chi connectivity index (χ2n) is 5.14. The van der Waals surface area contributed by atoms with Gasteiger partial charge in [0, 0.05) is 17.6 Å². The summed E-state index contributed by atoms with van der Waals surface area (Å²) < 4.78 is 0. The molecule has 1 N–H and O–H groups in total. The van der Waals surface area contributed by atoms with Crippen LogP contribution in [0.4, 0.5) is 0 Å². The Morgan fingerprint density at radius 1 is 1.47 bits per heavy atom. The second kappa shape index (κ2) is 6.50. The topological polar surface area (TPSA) is 24.9 Å². The summed E-state index contributed by atoms with van der Waals surface area (Å²) in [5.41, 5.74) is 0. The molecule has 2 rings (SSSR count). The van der Waals surface area contributed by atoms with Gasteiger partial charge in [-0.3, -0.25) is 0 Å². The third kappa shape index (κ3) is 3.52. The Hall–Kier alpha value is -0.410. The van der Waals surface area contributed by atoms with E-state index in [-0.39, 0.29) is 0 Å². The summed E-state index contributed by atoms with van der Waals surface area (Å²) >= 11 is 1.78. The normalized spacial score (nSPS) is 26.9. The van der Waals surface area contributed by atoms with E-state index in [4.69, 9.17) is 0 Å². The Balaban J connectivity index is 1.90. The maximum Gasteiger partial charge on any atom is 0.109 e. The first kappa shape index (κ1) is 13.0. The number of nitrogens with zero attached hydrogens (tertiary/aromatic N) is 1. The van der Waals surface area contributed by atoms with E-state index in [0.29, 0.717) is 12.1 Å². The first-order chi connectivity index (χ1) is 8.33. The molecule has 1 aliphatic rings. The SMILES string of the molecule is CCC1CCCC(NC(CC)c2nccs2)C1. The first-order valence-electron chi connectivity index (χ1n) is 6.98. The highest BCUT2D eigenvalue weighted by Gasteiger charge is 2.23. The molecule has 0 saturated heterocycles. The van der Waals surface area contributed by atoms with Crippen LogP contribution in [0.3, 0.4) is 0 Å². The molecule has 0 amide bonds. The Labute approximate surface area is 109 Å². The molecule has 0 radical (unpaired) electrons. The van der Waals surface area contributed by atoms with Crippen molar-refractivity contribution in [2.75, 3.05) is 0 Å². The number of hydrogen-bond acceptors (Lipinski definition) is 3. The highest BCUT2D eigenvalue weighted by atomic mass is 32.1. The van der Waals surface area contributed by atoms with Gasteiger partial charge in [0.2, 0.25) is 0 Å². The van der Waals surface area contributed by atoms with Crippen molar-refractivity contribution in [3.8, 4) is 0 Å². The van der Waals surface area contributed by atoms with Crippen molar-refractivity contribution in [3.05, 3.63) is 16.6 Å². The van der Waals surface area contributed by atoms with E-state index in [2.05, 4.69) is 29.5 Å². The fraction of sp³-hybridized carbons (Fsp3) is 0.786. The van der Waals surface area contributed by atoms with Crippen molar-refractivity contribution < 1.29 is 0 Å². The van der Waals surface area contributed by atoms with E-state index in [1.54, 1.807) is 11.3 Å². The van der Waals surface area contributed by atoms with E-state index < -0.39 is 0 Å². The van der Waals surface area contributed by atoms with E-state index in [0.717, 1.165) is 12.3 Å². The summed E-state index contributed by atoms with van der Waals surface area (Å²) in [7, 11) is 0. The van der Waals surface area contributed by atoms with Crippen LogP contribution < -0.4 is 5.32 Å². The van der Waals surface area contributed by atoms with Crippen LogP contribution in [-0.2, 0) is 0 Å². The predicted octanol–water partition coefficient (Wildman–Crippen LogP) is 4.15. The summed E-state index contributed by atoms with van der Waals surface area (Å²) in [6, 6.07) is 1.18. The lowest BCUT2D eigenvalue weighted by Crippen LogP contribution is -2.36. The van der Waals surface area contributed by atoms with Gasteiger partial charge in [0.15, 0.2) is 0 Å². The van der Waals surface area contributed by atoms with E-state index in [9.17, 15) is 0 Å². The van der Waals surface area contributed by atoms with Gasteiger partial charge < -0.3 is 5.32 Å². The molecule has 1 fully saturated rings. The van der Waals surface area contributed by atoms with E-state index in [1.165, 1.54) is 37.1 Å². The van der Waals surface area contributed by atoms with Crippen molar-refractivity contribution in [1.29, 1.82) is 0 Å². The lowest BCUT2D eigenvalue weighted by atomic mass is 9.84. The molecule has 1 aromatic heterocycles. The van der Waals surface area contributed by atoms with Crippen molar-refractivity contribution >= 4 is 11.3 Å². The average molecular weight is 252 g/mol. The van der Waals surface area contributed by atoms with Gasteiger partial charge in [-0.1, -0.05) is 33.1 Å². The van der Waals surface area contributed by atoms with Gasteiger partial charge in [0.05, 0.1) is 6.04 Å². The minimum Gasteiger partial charge on any atom is -0.305 e. The third-order valence-corrected chi connectivity index (χ3v) is 4.84. The molecule has 3 heteroatoms. The molecule has 1 saturated carbocycles. The average Bonchev–Trinajstić information content (AvgIpc) is 2.90. The molecule has 96 valence electrons. The van der Waals surface area contributed by atoms with Crippen LogP contribution in [0.5, 0.6) is 0 Å².